The van der Waals surface area contributed by atoms with Gasteiger partial charge in [0.2, 0.25) is 0 Å². The third kappa shape index (κ3) is 1.80. The van der Waals surface area contributed by atoms with Gasteiger partial charge >= 0.3 is 0 Å². The molecule has 0 aliphatic carbocycles. The number of nitrogens with zero attached hydrogens (tertiary/aromatic N) is 6. The molecule has 3 aromatic rings. The van der Waals surface area contributed by atoms with Crippen LogP contribution in [0.1, 0.15) is 11.5 Å². The molecule has 0 atom stereocenters. The molecule has 8 nitrogen and oxygen atoms in total. The van der Waals surface area contributed by atoms with E-state index in [-0.39, 0.29) is 0 Å². The Morgan fingerprint density at radius 3 is 3.18 bits per heavy atom. The Morgan fingerprint density at radius 2 is 2.35 bits per heavy atom. The Hall–Kier alpha value is -2.51. The number of hydrogen-bond acceptors (Lipinski definition) is 7. The molecule has 8 heteroatoms. The molecule has 17 heavy (non-hydrogen) atoms. The molecule has 0 radical (unpaired) electrons. The zero-order chi connectivity index (χ0) is 11.7. The summed E-state index contributed by atoms with van der Waals surface area (Å²) in [6.45, 7) is 2.37. The summed E-state index contributed by atoms with van der Waals surface area (Å²) in [5.74, 6) is 1.48. The van der Waals surface area contributed by atoms with Gasteiger partial charge < -0.3 is 9.84 Å². The fraction of sp³-hybridized carbons (Fsp3) is 0.222. The lowest BCUT2D eigenvalue weighted by atomic mass is 10.4. The average molecular weight is 231 g/mol. The van der Waals surface area contributed by atoms with Gasteiger partial charge in [0.1, 0.15) is 11.5 Å². The van der Waals surface area contributed by atoms with Crippen LogP contribution in [0.5, 0.6) is 0 Å². The van der Waals surface area contributed by atoms with E-state index >= 15 is 0 Å². The average Bonchev–Trinajstić information content (AvgIpc) is 2.94. The number of nitrogens with one attached hydrogen (secondary N) is 1. The van der Waals surface area contributed by atoms with Gasteiger partial charge in [-0.1, -0.05) is 5.16 Å². The second kappa shape index (κ2) is 3.81. The van der Waals surface area contributed by atoms with Crippen LogP contribution < -0.4 is 5.32 Å². The van der Waals surface area contributed by atoms with Crippen LogP contribution in [0.3, 0.4) is 0 Å². The van der Waals surface area contributed by atoms with Crippen molar-refractivity contribution < 1.29 is 4.52 Å². The Bertz CT molecular complexity index is 643. The zero-order valence-corrected chi connectivity index (χ0v) is 9.03. The van der Waals surface area contributed by atoms with E-state index in [9.17, 15) is 0 Å². The van der Waals surface area contributed by atoms with E-state index in [1.807, 2.05) is 13.0 Å². The normalized spacial score (nSPS) is 10.9. The molecular weight excluding hydrogens is 222 g/mol. The van der Waals surface area contributed by atoms with Crippen molar-refractivity contribution in [3.63, 3.8) is 0 Å². The highest BCUT2D eigenvalue weighted by Crippen LogP contribution is 2.08. The molecule has 86 valence electrons. The van der Waals surface area contributed by atoms with E-state index in [1.165, 1.54) is 0 Å². The number of rotatable bonds is 3. The highest BCUT2D eigenvalue weighted by atomic mass is 16.5. The lowest BCUT2D eigenvalue weighted by Crippen LogP contribution is -2.05. The van der Waals surface area contributed by atoms with E-state index in [1.54, 1.807) is 16.9 Å². The largest absolute Gasteiger partial charge is 0.363 e. The van der Waals surface area contributed by atoms with Crippen molar-refractivity contribution >= 4 is 11.5 Å². The molecule has 1 N–H and O–H groups in total. The molecule has 0 saturated heterocycles. The molecule has 3 aromatic heterocycles. The van der Waals surface area contributed by atoms with Crippen molar-refractivity contribution in [2.24, 2.45) is 0 Å². The maximum Gasteiger partial charge on any atom is 0.199 e. The van der Waals surface area contributed by atoms with Gasteiger partial charge in [-0.15, -0.1) is 5.10 Å². The second-order valence-corrected chi connectivity index (χ2v) is 3.52. The summed E-state index contributed by atoms with van der Waals surface area (Å²) in [4.78, 5) is 4.03. The molecule has 0 amide bonds. The second-order valence-electron chi connectivity index (χ2n) is 3.52. The molecule has 0 unspecified atom stereocenters. The molecule has 0 aliphatic rings. The van der Waals surface area contributed by atoms with Crippen LogP contribution in [0.2, 0.25) is 0 Å². The van der Waals surface area contributed by atoms with Crippen LogP contribution in [0.4, 0.5) is 5.82 Å². The van der Waals surface area contributed by atoms with Crippen LogP contribution in [-0.2, 0) is 6.54 Å². The Morgan fingerprint density at radius 1 is 1.41 bits per heavy atom. The zero-order valence-electron chi connectivity index (χ0n) is 9.03. The lowest BCUT2D eigenvalue weighted by molar-refractivity contribution is 0.391. The van der Waals surface area contributed by atoms with Crippen LogP contribution in [0.25, 0.3) is 5.65 Å². The number of anilines is 1. The molecule has 0 saturated carbocycles. The first-order chi connectivity index (χ1) is 8.33. The Balaban J connectivity index is 1.83. The Kier molecular flexibility index (Phi) is 2.18. The van der Waals surface area contributed by atoms with Crippen molar-refractivity contribution in [2.75, 3.05) is 5.32 Å². The van der Waals surface area contributed by atoms with Gasteiger partial charge in [0, 0.05) is 6.07 Å². The summed E-state index contributed by atoms with van der Waals surface area (Å²) in [6.07, 6.45) is 3.24. The number of fused-ring (bicyclic) bond motifs is 1. The molecule has 3 rings (SSSR count). The van der Waals surface area contributed by atoms with Crippen molar-refractivity contribution in [2.45, 2.75) is 13.5 Å². The highest BCUT2D eigenvalue weighted by molar-refractivity contribution is 5.43. The molecule has 0 aromatic carbocycles. The topological polar surface area (TPSA) is 94.0 Å². The lowest BCUT2D eigenvalue weighted by Gasteiger charge is -2.03. The van der Waals surface area contributed by atoms with Crippen molar-refractivity contribution in [3.8, 4) is 0 Å². The van der Waals surface area contributed by atoms with Crippen LogP contribution in [-0.4, -0.2) is 30.2 Å². The quantitative estimate of drug-likeness (QED) is 0.698. The smallest absolute Gasteiger partial charge is 0.199 e. The van der Waals surface area contributed by atoms with Gasteiger partial charge in [-0.2, -0.15) is 4.52 Å². The van der Waals surface area contributed by atoms with Crippen LogP contribution in [0.15, 0.2) is 23.0 Å². The summed E-state index contributed by atoms with van der Waals surface area (Å²) in [5.41, 5.74) is 1.40. The van der Waals surface area contributed by atoms with Gasteiger partial charge in [0.05, 0.1) is 18.9 Å². The molecule has 3 heterocycles. The number of tetrazole rings is 1. The first-order valence-electron chi connectivity index (χ1n) is 5.01. The van der Waals surface area contributed by atoms with Crippen molar-refractivity contribution in [3.05, 3.63) is 29.9 Å². The Labute approximate surface area is 95.6 Å². The van der Waals surface area contributed by atoms with E-state index in [4.69, 9.17) is 4.52 Å². The summed E-state index contributed by atoms with van der Waals surface area (Å²) in [6, 6.07) is 1.86. The predicted octanol–water partition coefficient (Wildman–Crippen LogP) is 0.428. The summed E-state index contributed by atoms with van der Waals surface area (Å²) >= 11 is 0. The molecule has 0 fully saturated rings. The maximum absolute atomic E-state index is 4.97. The molecule has 0 aliphatic heterocycles. The van der Waals surface area contributed by atoms with E-state index in [0.29, 0.717) is 18.0 Å². The van der Waals surface area contributed by atoms with Crippen molar-refractivity contribution in [1.29, 1.82) is 0 Å². The number of aryl methyl sites for hydroxylation is 1. The van der Waals surface area contributed by atoms with Gasteiger partial charge in [-0.05, 0) is 17.4 Å². The molecule has 0 spiro atoms. The molecular formula is C9H9N7O. The minimum Gasteiger partial charge on any atom is -0.363 e. The first-order valence-corrected chi connectivity index (χ1v) is 5.01. The van der Waals surface area contributed by atoms with Crippen molar-refractivity contribution in [1.82, 2.24) is 30.2 Å². The highest BCUT2D eigenvalue weighted by Gasteiger charge is 2.05. The third-order valence-corrected chi connectivity index (χ3v) is 2.24. The fourth-order valence-corrected chi connectivity index (χ4v) is 1.48. The monoisotopic (exact) mass is 231 g/mol. The third-order valence-electron chi connectivity index (χ3n) is 2.24. The van der Waals surface area contributed by atoms with E-state index in [2.05, 4.69) is 31.0 Å². The van der Waals surface area contributed by atoms with Crippen LogP contribution >= 0.6 is 0 Å². The SMILES string of the molecule is Cc1cc(CNc2cncc3nnnn23)no1. The minimum atomic E-state index is 0.526. The van der Waals surface area contributed by atoms with Gasteiger partial charge in [-0.25, -0.2) is 0 Å². The van der Waals surface area contributed by atoms with Crippen LogP contribution in [0, 0.1) is 6.92 Å². The van der Waals surface area contributed by atoms with Gasteiger partial charge in [0.25, 0.3) is 0 Å². The summed E-state index contributed by atoms with van der Waals surface area (Å²) in [5, 5.41) is 18.2. The minimum absolute atomic E-state index is 0.526. The fourth-order valence-electron chi connectivity index (χ4n) is 1.48. The number of hydrogen-bond donors (Lipinski definition) is 1. The summed E-state index contributed by atoms with van der Waals surface area (Å²) in [7, 11) is 0. The van der Waals surface area contributed by atoms with Gasteiger partial charge in [-0.3, -0.25) is 4.98 Å². The van der Waals surface area contributed by atoms with E-state index in [0.717, 1.165) is 11.5 Å². The number of aromatic nitrogens is 6. The summed E-state index contributed by atoms with van der Waals surface area (Å²) < 4.78 is 6.54. The standard InChI is InChI=1S/C9H9N7O/c1-6-2-7(13-17-6)3-11-8-4-10-5-9-12-14-15-16(8)9/h2,4-5,11H,3H2,1H3. The maximum atomic E-state index is 4.97. The molecule has 0 bridgehead atoms. The van der Waals surface area contributed by atoms with E-state index < -0.39 is 0 Å². The first kappa shape index (κ1) is 9.70. The predicted molar refractivity (Wildman–Crippen MR) is 57.1 cm³/mol. The van der Waals surface area contributed by atoms with Gasteiger partial charge in [0.15, 0.2) is 11.5 Å².